The van der Waals surface area contributed by atoms with Gasteiger partial charge in [-0.15, -0.1) is 0 Å². The molecule has 2 heterocycles. The van der Waals surface area contributed by atoms with E-state index in [1.807, 2.05) is 32.0 Å². The van der Waals surface area contributed by atoms with Crippen molar-refractivity contribution in [3.63, 3.8) is 0 Å². The fraction of sp³-hybridized carbons (Fsp3) is 0.389. The van der Waals surface area contributed by atoms with Crippen LogP contribution in [0.5, 0.6) is 0 Å². The highest BCUT2D eigenvalue weighted by Crippen LogP contribution is 2.23. The van der Waals surface area contributed by atoms with E-state index in [1.54, 1.807) is 11.0 Å². The highest BCUT2D eigenvalue weighted by Gasteiger charge is 2.17. The quantitative estimate of drug-likeness (QED) is 0.698. The summed E-state index contributed by atoms with van der Waals surface area (Å²) in [6, 6.07) is 7.39. The number of hydrogen-bond acceptors (Lipinski definition) is 4. The predicted octanol–water partition coefficient (Wildman–Crippen LogP) is 2.79. The van der Waals surface area contributed by atoms with Crippen molar-refractivity contribution in [1.82, 2.24) is 14.5 Å². The Bertz CT molecular complexity index is 920. The van der Waals surface area contributed by atoms with E-state index in [0.29, 0.717) is 24.2 Å². The molecule has 0 saturated heterocycles. The summed E-state index contributed by atoms with van der Waals surface area (Å²) >= 11 is 0. The maximum atomic E-state index is 12.6. The smallest absolute Gasteiger partial charge is 0.297 e. The van der Waals surface area contributed by atoms with Crippen LogP contribution in [0.15, 0.2) is 39.8 Å². The number of rotatable bonds is 6. The molecule has 3 aromatic rings. The highest BCUT2D eigenvalue weighted by atomic mass is 16.3. The molecule has 0 radical (unpaired) electrons. The van der Waals surface area contributed by atoms with Crippen LogP contribution in [0.4, 0.5) is 0 Å². The van der Waals surface area contributed by atoms with E-state index in [-0.39, 0.29) is 23.6 Å². The van der Waals surface area contributed by atoms with Crippen LogP contribution in [0.2, 0.25) is 0 Å². The number of furan rings is 1. The van der Waals surface area contributed by atoms with Gasteiger partial charge in [0.15, 0.2) is 0 Å². The van der Waals surface area contributed by atoms with Crippen molar-refractivity contribution in [1.29, 1.82) is 0 Å². The van der Waals surface area contributed by atoms with Gasteiger partial charge in [0.25, 0.3) is 5.56 Å². The SMILES string of the molecule is CCCN(CCC)C(=O)Cn1cnc2c(oc3ccccc32)c1=O. The lowest BCUT2D eigenvalue weighted by Crippen LogP contribution is -2.37. The number of fused-ring (bicyclic) bond motifs is 3. The molecule has 0 bridgehead atoms. The van der Waals surface area contributed by atoms with E-state index >= 15 is 0 Å². The lowest BCUT2D eigenvalue weighted by atomic mass is 10.2. The molecular weight excluding hydrogens is 306 g/mol. The summed E-state index contributed by atoms with van der Waals surface area (Å²) in [6.45, 7) is 5.44. The lowest BCUT2D eigenvalue weighted by Gasteiger charge is -2.21. The molecule has 0 aliphatic carbocycles. The zero-order valence-electron chi connectivity index (χ0n) is 14.0. The fourth-order valence-corrected chi connectivity index (χ4v) is 2.87. The molecule has 3 rings (SSSR count). The van der Waals surface area contributed by atoms with Crippen LogP contribution < -0.4 is 5.56 Å². The molecule has 0 unspecified atom stereocenters. The lowest BCUT2D eigenvalue weighted by molar-refractivity contribution is -0.132. The Kier molecular flexibility index (Phi) is 4.64. The molecule has 0 aliphatic heterocycles. The zero-order valence-corrected chi connectivity index (χ0v) is 14.0. The molecule has 1 amide bonds. The van der Waals surface area contributed by atoms with Crippen molar-refractivity contribution in [3.8, 4) is 0 Å². The molecule has 126 valence electrons. The molecule has 6 nitrogen and oxygen atoms in total. The number of para-hydroxylation sites is 1. The van der Waals surface area contributed by atoms with Gasteiger partial charge >= 0.3 is 0 Å². The van der Waals surface area contributed by atoms with Crippen LogP contribution in [0, 0.1) is 0 Å². The van der Waals surface area contributed by atoms with Gasteiger partial charge in [0.2, 0.25) is 11.5 Å². The molecule has 0 spiro atoms. The number of carbonyl (C=O) groups excluding carboxylic acids is 1. The minimum absolute atomic E-state index is 0.0151. The van der Waals surface area contributed by atoms with E-state index < -0.39 is 0 Å². The first kappa shape index (κ1) is 16.2. The minimum atomic E-state index is -0.322. The van der Waals surface area contributed by atoms with Gasteiger partial charge in [0.1, 0.15) is 17.6 Å². The number of aromatic nitrogens is 2. The van der Waals surface area contributed by atoms with E-state index in [4.69, 9.17) is 4.42 Å². The summed E-state index contributed by atoms with van der Waals surface area (Å²) in [4.78, 5) is 31.2. The van der Waals surface area contributed by atoms with Gasteiger partial charge in [-0.1, -0.05) is 26.0 Å². The summed E-state index contributed by atoms with van der Waals surface area (Å²) in [5.41, 5.74) is 1.04. The Hall–Kier alpha value is -2.63. The molecule has 2 aromatic heterocycles. The summed E-state index contributed by atoms with van der Waals surface area (Å²) in [5, 5.41) is 0.807. The standard InChI is InChI=1S/C18H21N3O3/c1-3-9-20(10-4-2)15(22)11-21-12-19-16-13-7-5-6-8-14(13)24-17(16)18(21)23/h5-8,12H,3-4,9-11H2,1-2H3. The van der Waals surface area contributed by atoms with Crippen molar-refractivity contribution >= 4 is 28.0 Å². The van der Waals surface area contributed by atoms with Gasteiger partial charge < -0.3 is 9.32 Å². The van der Waals surface area contributed by atoms with E-state index in [0.717, 1.165) is 18.2 Å². The molecular formula is C18H21N3O3. The number of nitrogens with zero attached hydrogens (tertiary/aromatic N) is 3. The molecule has 1 aromatic carbocycles. The molecule has 0 aliphatic rings. The molecule has 6 heteroatoms. The molecule has 0 saturated carbocycles. The van der Waals surface area contributed by atoms with Gasteiger partial charge in [-0.3, -0.25) is 14.2 Å². The van der Waals surface area contributed by atoms with Crippen molar-refractivity contribution < 1.29 is 9.21 Å². The molecule has 24 heavy (non-hydrogen) atoms. The maximum Gasteiger partial charge on any atom is 0.297 e. The first-order chi connectivity index (χ1) is 11.7. The number of carbonyl (C=O) groups is 1. The van der Waals surface area contributed by atoms with Gasteiger partial charge in [0, 0.05) is 18.5 Å². The van der Waals surface area contributed by atoms with Crippen molar-refractivity contribution in [2.75, 3.05) is 13.1 Å². The Morgan fingerprint density at radius 2 is 1.92 bits per heavy atom. The third-order valence-corrected chi connectivity index (χ3v) is 4.00. The Morgan fingerprint density at radius 1 is 1.21 bits per heavy atom. The Labute approximate surface area is 139 Å². The highest BCUT2D eigenvalue weighted by molar-refractivity contribution is 6.01. The first-order valence-electron chi connectivity index (χ1n) is 8.30. The first-order valence-corrected chi connectivity index (χ1v) is 8.30. The fourth-order valence-electron chi connectivity index (χ4n) is 2.87. The van der Waals surface area contributed by atoms with Crippen LogP contribution in [0.1, 0.15) is 26.7 Å². The van der Waals surface area contributed by atoms with Gasteiger partial charge in [-0.25, -0.2) is 4.98 Å². The van der Waals surface area contributed by atoms with Crippen LogP contribution in [0.25, 0.3) is 22.1 Å². The van der Waals surface area contributed by atoms with Gasteiger partial charge in [-0.05, 0) is 25.0 Å². The van der Waals surface area contributed by atoms with E-state index in [9.17, 15) is 9.59 Å². The van der Waals surface area contributed by atoms with Crippen LogP contribution in [-0.2, 0) is 11.3 Å². The van der Waals surface area contributed by atoms with Crippen molar-refractivity contribution in [3.05, 3.63) is 40.9 Å². The summed E-state index contributed by atoms with van der Waals surface area (Å²) < 4.78 is 6.96. The third kappa shape index (κ3) is 2.91. The second-order valence-corrected chi connectivity index (χ2v) is 5.83. The average molecular weight is 327 g/mol. The monoisotopic (exact) mass is 327 g/mol. The predicted molar refractivity (Wildman–Crippen MR) is 92.9 cm³/mol. The van der Waals surface area contributed by atoms with Gasteiger partial charge in [-0.2, -0.15) is 0 Å². The molecule has 0 fully saturated rings. The number of benzene rings is 1. The van der Waals surface area contributed by atoms with E-state index in [2.05, 4.69) is 4.98 Å². The van der Waals surface area contributed by atoms with Crippen LogP contribution in [0.3, 0.4) is 0 Å². The largest absolute Gasteiger partial charge is 0.448 e. The Morgan fingerprint density at radius 3 is 2.62 bits per heavy atom. The second-order valence-electron chi connectivity index (χ2n) is 5.83. The van der Waals surface area contributed by atoms with Crippen LogP contribution >= 0.6 is 0 Å². The number of amides is 1. The maximum absolute atomic E-state index is 12.6. The van der Waals surface area contributed by atoms with Crippen molar-refractivity contribution in [2.24, 2.45) is 0 Å². The second kappa shape index (κ2) is 6.86. The summed E-state index contributed by atoms with van der Waals surface area (Å²) in [7, 11) is 0. The van der Waals surface area contributed by atoms with E-state index in [1.165, 1.54) is 10.9 Å². The Balaban J connectivity index is 1.95. The summed E-state index contributed by atoms with van der Waals surface area (Å²) in [6.07, 6.45) is 3.21. The molecule has 0 N–H and O–H groups in total. The average Bonchev–Trinajstić information content (AvgIpc) is 2.96. The van der Waals surface area contributed by atoms with Crippen LogP contribution in [-0.4, -0.2) is 33.4 Å². The van der Waals surface area contributed by atoms with Crippen molar-refractivity contribution in [2.45, 2.75) is 33.2 Å². The normalized spacial score (nSPS) is 11.2. The minimum Gasteiger partial charge on any atom is -0.448 e. The van der Waals surface area contributed by atoms with Gasteiger partial charge in [0.05, 0.1) is 6.33 Å². The number of hydrogen-bond donors (Lipinski definition) is 0. The topological polar surface area (TPSA) is 68.3 Å². The molecule has 0 atom stereocenters. The third-order valence-electron chi connectivity index (χ3n) is 4.00. The summed E-state index contributed by atoms with van der Waals surface area (Å²) in [5.74, 6) is -0.0712. The zero-order chi connectivity index (χ0) is 17.1.